The van der Waals surface area contributed by atoms with E-state index in [0.29, 0.717) is 4.88 Å². The third kappa shape index (κ3) is 2.45. The fourth-order valence-electron chi connectivity index (χ4n) is 1.98. The van der Waals surface area contributed by atoms with Crippen molar-refractivity contribution in [2.24, 2.45) is 0 Å². The zero-order valence-electron chi connectivity index (χ0n) is 11.2. The normalized spacial score (nSPS) is 10.4. The summed E-state index contributed by atoms with van der Waals surface area (Å²) in [6.07, 6.45) is 5.93. The molecule has 4 nitrogen and oxygen atoms in total. The van der Waals surface area contributed by atoms with Crippen molar-refractivity contribution in [2.45, 2.75) is 27.2 Å². The number of aryl methyl sites for hydroxylation is 3. The van der Waals surface area contributed by atoms with Gasteiger partial charge < -0.3 is 5.32 Å². The first-order valence-corrected chi connectivity index (χ1v) is 6.88. The highest BCUT2D eigenvalue weighted by molar-refractivity contribution is 7.20. The molecule has 2 rings (SSSR count). The molecule has 0 atom stereocenters. The molecular formula is C14H15N3OS. The number of terminal acetylenes is 1. The number of amides is 1. The molecule has 0 unspecified atom stereocenters. The number of hydrogen-bond acceptors (Lipinski definition) is 4. The summed E-state index contributed by atoms with van der Waals surface area (Å²) in [5.41, 5.74) is 1.85. The Labute approximate surface area is 116 Å². The van der Waals surface area contributed by atoms with Crippen LogP contribution in [0.3, 0.4) is 0 Å². The van der Waals surface area contributed by atoms with E-state index in [-0.39, 0.29) is 12.5 Å². The Bertz CT molecular complexity index is 682. The number of carbonyl (C=O) groups excluding carboxylic acids is 1. The molecule has 0 bridgehead atoms. The molecule has 2 heterocycles. The van der Waals surface area contributed by atoms with Gasteiger partial charge in [-0.3, -0.25) is 4.79 Å². The van der Waals surface area contributed by atoms with Crippen molar-refractivity contribution in [1.29, 1.82) is 0 Å². The predicted octanol–water partition coefficient (Wildman–Crippen LogP) is 2.23. The van der Waals surface area contributed by atoms with Crippen molar-refractivity contribution in [3.63, 3.8) is 0 Å². The van der Waals surface area contributed by atoms with Crippen molar-refractivity contribution >= 4 is 27.5 Å². The van der Waals surface area contributed by atoms with Crippen LogP contribution in [0.1, 0.15) is 33.7 Å². The third-order valence-corrected chi connectivity index (χ3v) is 4.08. The molecule has 0 spiro atoms. The topological polar surface area (TPSA) is 54.9 Å². The molecule has 0 radical (unpaired) electrons. The second-order valence-electron chi connectivity index (χ2n) is 4.20. The molecule has 5 heteroatoms. The van der Waals surface area contributed by atoms with Gasteiger partial charge in [-0.2, -0.15) is 0 Å². The van der Waals surface area contributed by atoms with Gasteiger partial charge in [0.05, 0.1) is 11.4 Å². The van der Waals surface area contributed by atoms with Crippen molar-refractivity contribution in [3.05, 3.63) is 22.0 Å². The molecule has 0 aromatic carbocycles. The van der Waals surface area contributed by atoms with Crippen LogP contribution in [0.2, 0.25) is 0 Å². The summed E-state index contributed by atoms with van der Waals surface area (Å²) < 4.78 is 0. The van der Waals surface area contributed by atoms with Gasteiger partial charge in [-0.15, -0.1) is 17.8 Å². The lowest BCUT2D eigenvalue weighted by Crippen LogP contribution is -2.23. The van der Waals surface area contributed by atoms with Crippen LogP contribution in [0.25, 0.3) is 10.2 Å². The first-order chi connectivity index (χ1) is 9.08. The van der Waals surface area contributed by atoms with Gasteiger partial charge >= 0.3 is 0 Å². The maximum atomic E-state index is 12.0. The fraction of sp³-hybridized carbons (Fsp3) is 0.357. The quantitative estimate of drug-likeness (QED) is 0.873. The van der Waals surface area contributed by atoms with E-state index in [1.807, 2.05) is 20.8 Å². The van der Waals surface area contributed by atoms with Gasteiger partial charge in [0.1, 0.15) is 10.7 Å². The largest absolute Gasteiger partial charge is 0.340 e. The molecule has 0 saturated carbocycles. The summed E-state index contributed by atoms with van der Waals surface area (Å²) in [5, 5.41) is 3.67. The van der Waals surface area contributed by atoms with Crippen LogP contribution in [0.5, 0.6) is 0 Å². The minimum Gasteiger partial charge on any atom is -0.340 e. The first kappa shape index (κ1) is 13.5. The number of hydrogen-bond donors (Lipinski definition) is 1. The van der Waals surface area contributed by atoms with Gasteiger partial charge in [0, 0.05) is 17.5 Å². The Morgan fingerprint density at radius 3 is 2.79 bits per heavy atom. The Kier molecular flexibility index (Phi) is 3.82. The van der Waals surface area contributed by atoms with Crippen LogP contribution in [-0.2, 0) is 6.42 Å². The lowest BCUT2D eigenvalue weighted by Gasteiger charge is -2.01. The number of rotatable bonds is 3. The van der Waals surface area contributed by atoms with Crippen LogP contribution in [0, 0.1) is 26.2 Å². The Hall–Kier alpha value is -1.93. The molecule has 1 N–H and O–H groups in total. The zero-order chi connectivity index (χ0) is 14.0. The maximum absolute atomic E-state index is 12.0. The van der Waals surface area contributed by atoms with Gasteiger partial charge in [0.15, 0.2) is 0 Å². The average Bonchev–Trinajstić information content (AvgIpc) is 2.73. The monoisotopic (exact) mass is 273 g/mol. The number of fused-ring (bicyclic) bond motifs is 1. The minimum atomic E-state index is -0.143. The lowest BCUT2D eigenvalue weighted by molar-refractivity contribution is 0.0962. The third-order valence-electron chi connectivity index (χ3n) is 2.89. The molecule has 1 amide bonds. The molecule has 2 aromatic heterocycles. The smallest absolute Gasteiger partial charge is 0.262 e. The highest BCUT2D eigenvalue weighted by Gasteiger charge is 2.18. The van der Waals surface area contributed by atoms with Crippen molar-refractivity contribution in [1.82, 2.24) is 15.3 Å². The average molecular weight is 273 g/mol. The Morgan fingerprint density at radius 2 is 2.16 bits per heavy atom. The van der Waals surface area contributed by atoms with Gasteiger partial charge in [0.2, 0.25) is 0 Å². The molecule has 98 valence electrons. The number of nitrogens with one attached hydrogen (secondary N) is 1. The van der Waals surface area contributed by atoms with E-state index in [4.69, 9.17) is 6.42 Å². The molecular weight excluding hydrogens is 258 g/mol. The van der Waals surface area contributed by atoms with E-state index in [1.54, 1.807) is 0 Å². The summed E-state index contributed by atoms with van der Waals surface area (Å²) in [4.78, 5) is 22.5. The lowest BCUT2D eigenvalue weighted by atomic mass is 10.1. The molecule has 0 aliphatic carbocycles. The second-order valence-corrected chi connectivity index (χ2v) is 5.20. The molecule has 2 aromatic rings. The summed E-state index contributed by atoms with van der Waals surface area (Å²) >= 11 is 1.39. The molecule has 0 fully saturated rings. The van der Waals surface area contributed by atoms with Crippen molar-refractivity contribution in [2.75, 3.05) is 6.54 Å². The van der Waals surface area contributed by atoms with E-state index < -0.39 is 0 Å². The zero-order valence-corrected chi connectivity index (χ0v) is 12.0. The van der Waals surface area contributed by atoms with Gasteiger partial charge in [-0.05, 0) is 19.4 Å². The highest BCUT2D eigenvalue weighted by Crippen LogP contribution is 2.31. The van der Waals surface area contributed by atoms with Crippen molar-refractivity contribution < 1.29 is 4.79 Å². The standard InChI is InChI=1S/C14H15N3OS/c1-5-7-15-13(18)12-8(3)11-9(4)16-10(6-2)17-14(11)19-12/h1H,6-7H2,2-4H3,(H,15,18). The van der Waals surface area contributed by atoms with E-state index >= 15 is 0 Å². The number of carbonyl (C=O) groups is 1. The maximum Gasteiger partial charge on any atom is 0.262 e. The van der Waals surface area contributed by atoms with E-state index in [9.17, 15) is 4.79 Å². The SMILES string of the molecule is C#CCNC(=O)c1sc2nc(CC)nc(C)c2c1C. The number of nitrogens with zero attached hydrogens (tertiary/aromatic N) is 2. The van der Waals surface area contributed by atoms with Gasteiger partial charge in [0.25, 0.3) is 5.91 Å². The number of aromatic nitrogens is 2. The molecule has 0 aliphatic rings. The predicted molar refractivity (Wildman–Crippen MR) is 77.4 cm³/mol. The van der Waals surface area contributed by atoms with Crippen LogP contribution >= 0.6 is 11.3 Å². The Balaban J connectivity index is 2.54. The Morgan fingerprint density at radius 1 is 1.42 bits per heavy atom. The minimum absolute atomic E-state index is 0.143. The second kappa shape index (κ2) is 5.37. The summed E-state index contributed by atoms with van der Waals surface area (Å²) in [7, 11) is 0. The van der Waals surface area contributed by atoms with E-state index in [1.165, 1.54) is 11.3 Å². The van der Waals surface area contributed by atoms with E-state index in [0.717, 1.165) is 33.7 Å². The fourth-order valence-corrected chi connectivity index (χ4v) is 3.15. The highest BCUT2D eigenvalue weighted by atomic mass is 32.1. The van der Waals surface area contributed by atoms with Crippen LogP contribution in [-0.4, -0.2) is 22.4 Å². The van der Waals surface area contributed by atoms with Gasteiger partial charge in [-0.25, -0.2) is 9.97 Å². The summed E-state index contributed by atoms with van der Waals surface area (Å²) in [6.45, 7) is 6.12. The van der Waals surface area contributed by atoms with Crippen molar-refractivity contribution in [3.8, 4) is 12.3 Å². The van der Waals surface area contributed by atoms with E-state index in [2.05, 4.69) is 21.2 Å². The summed E-state index contributed by atoms with van der Waals surface area (Å²) in [6, 6.07) is 0. The molecule has 0 saturated heterocycles. The number of thiophene rings is 1. The molecule has 0 aliphatic heterocycles. The van der Waals surface area contributed by atoms with Gasteiger partial charge in [-0.1, -0.05) is 12.8 Å². The van der Waals surface area contributed by atoms with Crippen LogP contribution in [0.4, 0.5) is 0 Å². The first-order valence-electron chi connectivity index (χ1n) is 6.06. The van der Waals surface area contributed by atoms with Crippen LogP contribution < -0.4 is 5.32 Å². The molecule has 19 heavy (non-hydrogen) atoms. The summed E-state index contributed by atoms with van der Waals surface area (Å²) in [5.74, 6) is 3.06. The van der Waals surface area contributed by atoms with Crippen LogP contribution in [0.15, 0.2) is 0 Å².